The molecule has 0 aliphatic carbocycles. The molecule has 0 saturated carbocycles. The number of nitrogens with zero attached hydrogens (tertiary/aromatic N) is 2. The van der Waals surface area contributed by atoms with Crippen LogP contribution in [0.4, 0.5) is 5.88 Å². The summed E-state index contributed by atoms with van der Waals surface area (Å²) in [4.78, 5) is 38.0. The molecule has 0 fully saturated rings. The van der Waals surface area contributed by atoms with E-state index >= 15 is 0 Å². The Labute approximate surface area is 164 Å². The highest BCUT2D eigenvalue weighted by Gasteiger charge is 2.35. The Morgan fingerprint density at radius 2 is 1.96 bits per heavy atom. The SMILES string of the molecule is Cc1oc(NC(=O)CCCN2C(=O)c3ccc(Br)cc3C2=O)c(C#N)c1C. The molecule has 8 heteroatoms. The summed E-state index contributed by atoms with van der Waals surface area (Å²) in [5, 5.41) is 11.7. The quantitative estimate of drug-likeness (QED) is 0.731. The number of furan rings is 1. The van der Waals surface area contributed by atoms with E-state index in [0.29, 0.717) is 34.4 Å². The van der Waals surface area contributed by atoms with E-state index in [2.05, 4.69) is 21.2 Å². The Kier molecular flexibility index (Phi) is 5.15. The summed E-state index contributed by atoms with van der Waals surface area (Å²) in [5.74, 6) is -0.366. The van der Waals surface area contributed by atoms with E-state index in [1.54, 1.807) is 32.0 Å². The van der Waals surface area contributed by atoms with Gasteiger partial charge in [-0.3, -0.25) is 24.6 Å². The highest BCUT2D eigenvalue weighted by Crippen LogP contribution is 2.27. The number of anilines is 1. The maximum atomic E-state index is 12.4. The maximum Gasteiger partial charge on any atom is 0.261 e. The van der Waals surface area contributed by atoms with Gasteiger partial charge in [0, 0.05) is 23.0 Å². The number of imide groups is 1. The van der Waals surface area contributed by atoms with Gasteiger partial charge in [-0.15, -0.1) is 0 Å². The van der Waals surface area contributed by atoms with E-state index < -0.39 is 0 Å². The van der Waals surface area contributed by atoms with Crippen molar-refractivity contribution in [3.05, 3.63) is 50.7 Å². The van der Waals surface area contributed by atoms with Crippen molar-refractivity contribution in [2.75, 3.05) is 11.9 Å². The largest absolute Gasteiger partial charge is 0.444 e. The van der Waals surface area contributed by atoms with Crippen molar-refractivity contribution in [2.45, 2.75) is 26.7 Å². The smallest absolute Gasteiger partial charge is 0.261 e. The van der Waals surface area contributed by atoms with Gasteiger partial charge in [0.15, 0.2) is 0 Å². The summed E-state index contributed by atoms with van der Waals surface area (Å²) in [7, 11) is 0. The van der Waals surface area contributed by atoms with Gasteiger partial charge < -0.3 is 4.42 Å². The first-order chi connectivity index (χ1) is 12.8. The van der Waals surface area contributed by atoms with Crippen LogP contribution in [-0.2, 0) is 4.79 Å². The maximum absolute atomic E-state index is 12.4. The minimum Gasteiger partial charge on any atom is -0.444 e. The third kappa shape index (κ3) is 3.51. The number of carbonyl (C=O) groups excluding carboxylic acids is 3. The molecular weight excluding hydrogens is 414 g/mol. The number of benzene rings is 1. The number of carbonyl (C=O) groups is 3. The fourth-order valence-corrected chi connectivity index (χ4v) is 3.26. The molecule has 27 heavy (non-hydrogen) atoms. The van der Waals surface area contributed by atoms with Gasteiger partial charge in [-0.1, -0.05) is 15.9 Å². The lowest BCUT2D eigenvalue weighted by molar-refractivity contribution is -0.116. The van der Waals surface area contributed by atoms with Gasteiger partial charge in [-0.05, 0) is 38.5 Å². The Morgan fingerprint density at radius 1 is 1.26 bits per heavy atom. The molecule has 0 spiro atoms. The Hall–Kier alpha value is -2.92. The molecular formula is C19H16BrN3O4. The molecule has 1 aliphatic heterocycles. The highest BCUT2D eigenvalue weighted by atomic mass is 79.9. The van der Waals surface area contributed by atoms with Gasteiger partial charge in [0.05, 0.1) is 11.1 Å². The number of hydrogen-bond acceptors (Lipinski definition) is 5. The molecule has 3 rings (SSSR count). The molecule has 1 aliphatic rings. The second-order valence-corrected chi connectivity index (χ2v) is 7.12. The summed E-state index contributed by atoms with van der Waals surface area (Å²) < 4.78 is 6.12. The first-order valence-corrected chi connectivity index (χ1v) is 9.08. The van der Waals surface area contributed by atoms with Crippen LogP contribution in [0.2, 0.25) is 0 Å². The average Bonchev–Trinajstić information content (AvgIpc) is 3.02. The second kappa shape index (κ2) is 7.37. The van der Waals surface area contributed by atoms with E-state index in [0.717, 1.165) is 9.37 Å². The van der Waals surface area contributed by atoms with Crippen LogP contribution in [0.5, 0.6) is 0 Å². The number of aryl methyl sites for hydroxylation is 1. The average molecular weight is 430 g/mol. The van der Waals surface area contributed by atoms with Crippen molar-refractivity contribution in [1.29, 1.82) is 5.26 Å². The summed E-state index contributed by atoms with van der Waals surface area (Å²) in [6.45, 7) is 3.60. The molecule has 2 aromatic rings. The minimum absolute atomic E-state index is 0.0841. The fraction of sp³-hybridized carbons (Fsp3) is 0.263. The van der Waals surface area contributed by atoms with E-state index in [9.17, 15) is 14.4 Å². The molecule has 2 heterocycles. The van der Waals surface area contributed by atoms with Crippen LogP contribution in [-0.4, -0.2) is 29.2 Å². The summed E-state index contributed by atoms with van der Waals surface area (Å²) in [6, 6.07) is 6.94. The molecule has 0 unspecified atom stereocenters. The summed E-state index contributed by atoms with van der Waals surface area (Å²) in [5.41, 5.74) is 1.71. The zero-order chi connectivity index (χ0) is 19.7. The number of hydrogen-bond donors (Lipinski definition) is 1. The van der Waals surface area contributed by atoms with Crippen molar-refractivity contribution in [3.63, 3.8) is 0 Å². The molecule has 0 atom stereocenters. The van der Waals surface area contributed by atoms with Crippen LogP contribution >= 0.6 is 15.9 Å². The molecule has 7 nitrogen and oxygen atoms in total. The van der Waals surface area contributed by atoms with Gasteiger partial charge in [0.1, 0.15) is 17.4 Å². The standard InChI is InChI=1S/C19H16BrN3O4/c1-10-11(2)27-17(15(10)9-21)22-16(24)4-3-7-23-18(25)13-6-5-12(20)8-14(13)19(23)26/h5-6,8H,3-4,7H2,1-2H3,(H,22,24). The van der Waals surface area contributed by atoms with Gasteiger partial charge in [-0.2, -0.15) is 5.26 Å². The molecule has 3 amide bonds. The summed E-state index contributed by atoms with van der Waals surface area (Å²) in [6.07, 6.45) is 0.389. The summed E-state index contributed by atoms with van der Waals surface area (Å²) >= 11 is 3.29. The fourth-order valence-electron chi connectivity index (χ4n) is 2.90. The lowest BCUT2D eigenvalue weighted by Gasteiger charge is -2.13. The normalized spacial score (nSPS) is 12.9. The van der Waals surface area contributed by atoms with Gasteiger partial charge >= 0.3 is 0 Å². The van der Waals surface area contributed by atoms with Crippen LogP contribution in [0.25, 0.3) is 0 Å². The Bertz CT molecular complexity index is 1000. The van der Waals surface area contributed by atoms with Crippen molar-refractivity contribution in [1.82, 2.24) is 4.90 Å². The lowest BCUT2D eigenvalue weighted by atomic mass is 10.1. The molecule has 0 saturated heterocycles. The monoisotopic (exact) mass is 429 g/mol. The second-order valence-electron chi connectivity index (χ2n) is 6.20. The molecule has 1 N–H and O–H groups in total. The zero-order valence-electron chi connectivity index (χ0n) is 14.8. The molecule has 1 aromatic heterocycles. The molecule has 0 radical (unpaired) electrons. The van der Waals surface area contributed by atoms with Crippen molar-refractivity contribution in [2.24, 2.45) is 0 Å². The Balaban J connectivity index is 1.59. The number of rotatable bonds is 5. The van der Waals surface area contributed by atoms with E-state index in [4.69, 9.17) is 9.68 Å². The van der Waals surface area contributed by atoms with Crippen LogP contribution in [0.3, 0.4) is 0 Å². The van der Waals surface area contributed by atoms with Crippen molar-refractivity contribution in [3.8, 4) is 6.07 Å². The number of amides is 3. The number of nitrogens with one attached hydrogen (secondary N) is 1. The highest BCUT2D eigenvalue weighted by molar-refractivity contribution is 9.10. The van der Waals surface area contributed by atoms with Crippen LogP contribution in [0, 0.1) is 25.2 Å². The van der Waals surface area contributed by atoms with Crippen molar-refractivity contribution >= 4 is 39.5 Å². The predicted octanol–water partition coefficient (Wildman–Crippen LogP) is 3.55. The molecule has 1 aromatic carbocycles. The van der Waals surface area contributed by atoms with Gasteiger partial charge in [0.25, 0.3) is 11.8 Å². The van der Waals surface area contributed by atoms with Gasteiger partial charge in [0.2, 0.25) is 11.8 Å². The van der Waals surface area contributed by atoms with E-state index in [-0.39, 0.29) is 36.6 Å². The van der Waals surface area contributed by atoms with E-state index in [1.165, 1.54) is 0 Å². The first kappa shape index (κ1) is 18.9. The van der Waals surface area contributed by atoms with Crippen LogP contribution in [0.15, 0.2) is 27.1 Å². The van der Waals surface area contributed by atoms with Crippen molar-refractivity contribution < 1.29 is 18.8 Å². The van der Waals surface area contributed by atoms with Crippen LogP contribution in [0.1, 0.15) is 50.4 Å². The third-order valence-corrected chi connectivity index (χ3v) is 4.96. The Morgan fingerprint density at radius 3 is 2.67 bits per heavy atom. The number of fused-ring (bicyclic) bond motifs is 1. The third-order valence-electron chi connectivity index (χ3n) is 4.47. The molecule has 0 bridgehead atoms. The van der Waals surface area contributed by atoms with Crippen LogP contribution < -0.4 is 5.32 Å². The minimum atomic E-state index is -0.360. The topological polar surface area (TPSA) is 103 Å². The predicted molar refractivity (Wildman–Crippen MR) is 100 cm³/mol. The lowest BCUT2D eigenvalue weighted by Crippen LogP contribution is -2.31. The van der Waals surface area contributed by atoms with E-state index in [1.807, 2.05) is 6.07 Å². The van der Waals surface area contributed by atoms with Gasteiger partial charge in [-0.25, -0.2) is 0 Å². The number of halogens is 1. The number of nitriles is 1. The molecule has 138 valence electrons. The zero-order valence-corrected chi connectivity index (χ0v) is 16.3. The first-order valence-electron chi connectivity index (χ1n) is 8.29.